The molecular weight excluding hydrogens is 254 g/mol. The molecule has 100 valence electrons. The lowest BCUT2D eigenvalue weighted by molar-refractivity contribution is 0.537. The highest BCUT2D eigenvalue weighted by Crippen LogP contribution is 2.18. The van der Waals surface area contributed by atoms with Crippen LogP contribution in [0.25, 0.3) is 0 Å². The van der Waals surface area contributed by atoms with Crippen LogP contribution in [0.4, 0.5) is 0 Å². The van der Waals surface area contributed by atoms with E-state index in [2.05, 4.69) is 61.6 Å². The Labute approximate surface area is 120 Å². The van der Waals surface area contributed by atoms with Gasteiger partial charge in [0.15, 0.2) is 0 Å². The van der Waals surface area contributed by atoms with Crippen LogP contribution in [0.2, 0.25) is 5.02 Å². The van der Waals surface area contributed by atoms with Crippen LogP contribution in [0.5, 0.6) is 0 Å². The molecule has 0 aliphatic carbocycles. The summed E-state index contributed by atoms with van der Waals surface area (Å²) in [5.74, 6) is 0.510. The number of halogens is 1. The Kier molecular flexibility index (Phi) is 5.00. The maximum Gasteiger partial charge on any atom is 0.0406 e. The van der Waals surface area contributed by atoms with Crippen LogP contribution in [0.3, 0.4) is 0 Å². The highest BCUT2D eigenvalue weighted by molar-refractivity contribution is 6.30. The molecule has 1 N–H and O–H groups in total. The number of benzene rings is 2. The summed E-state index contributed by atoms with van der Waals surface area (Å²) in [6.07, 6.45) is 0. The molecule has 0 heterocycles. The van der Waals surface area contributed by atoms with Crippen LogP contribution in [0.1, 0.15) is 36.9 Å². The zero-order valence-electron chi connectivity index (χ0n) is 11.4. The lowest BCUT2D eigenvalue weighted by atomic mass is 10.0. The van der Waals surface area contributed by atoms with Crippen molar-refractivity contribution in [1.82, 2.24) is 5.32 Å². The van der Waals surface area contributed by atoms with Gasteiger partial charge in [-0.2, -0.15) is 0 Å². The first kappa shape index (κ1) is 14.1. The molecule has 2 atom stereocenters. The van der Waals surface area contributed by atoms with Crippen LogP contribution < -0.4 is 5.32 Å². The van der Waals surface area contributed by atoms with Gasteiger partial charge in [-0.25, -0.2) is 0 Å². The third kappa shape index (κ3) is 4.09. The van der Waals surface area contributed by atoms with Gasteiger partial charge in [0.25, 0.3) is 0 Å². The Morgan fingerprint density at radius 2 is 1.53 bits per heavy atom. The van der Waals surface area contributed by atoms with Crippen LogP contribution >= 0.6 is 11.6 Å². The van der Waals surface area contributed by atoms with Gasteiger partial charge in [0, 0.05) is 17.6 Å². The summed E-state index contributed by atoms with van der Waals surface area (Å²) in [5.41, 5.74) is 2.64. The quantitative estimate of drug-likeness (QED) is 0.826. The molecule has 2 heteroatoms. The second-order valence-corrected chi connectivity index (χ2v) is 5.43. The summed E-state index contributed by atoms with van der Waals surface area (Å²) in [6, 6.07) is 19.0. The summed E-state index contributed by atoms with van der Waals surface area (Å²) in [4.78, 5) is 0. The summed E-state index contributed by atoms with van der Waals surface area (Å²) < 4.78 is 0. The molecule has 0 saturated carbocycles. The van der Waals surface area contributed by atoms with Crippen molar-refractivity contribution < 1.29 is 0 Å². The van der Waals surface area contributed by atoms with Gasteiger partial charge in [0.1, 0.15) is 0 Å². The zero-order chi connectivity index (χ0) is 13.7. The Hall–Kier alpha value is -1.31. The van der Waals surface area contributed by atoms with Crippen molar-refractivity contribution >= 4 is 11.6 Å². The highest BCUT2D eigenvalue weighted by atomic mass is 35.5. The third-order valence-corrected chi connectivity index (χ3v) is 3.72. The van der Waals surface area contributed by atoms with Crippen LogP contribution in [0, 0.1) is 0 Å². The fourth-order valence-corrected chi connectivity index (χ4v) is 2.25. The number of rotatable bonds is 5. The van der Waals surface area contributed by atoms with Gasteiger partial charge in [0.2, 0.25) is 0 Å². The van der Waals surface area contributed by atoms with Gasteiger partial charge in [-0.15, -0.1) is 0 Å². The second kappa shape index (κ2) is 6.74. The van der Waals surface area contributed by atoms with Crippen molar-refractivity contribution in [3.8, 4) is 0 Å². The molecule has 0 fully saturated rings. The average Bonchev–Trinajstić information content (AvgIpc) is 2.46. The molecule has 0 saturated heterocycles. The molecule has 0 radical (unpaired) electrons. The van der Waals surface area contributed by atoms with Crippen LogP contribution in [-0.4, -0.2) is 6.54 Å². The smallest absolute Gasteiger partial charge is 0.0406 e. The van der Waals surface area contributed by atoms with E-state index in [0.29, 0.717) is 12.0 Å². The lowest BCUT2D eigenvalue weighted by Gasteiger charge is -2.18. The van der Waals surface area contributed by atoms with Gasteiger partial charge in [-0.1, -0.05) is 61.0 Å². The maximum absolute atomic E-state index is 5.90. The van der Waals surface area contributed by atoms with Crippen LogP contribution in [-0.2, 0) is 0 Å². The van der Waals surface area contributed by atoms with Crippen molar-refractivity contribution in [3.05, 3.63) is 70.7 Å². The number of nitrogens with one attached hydrogen (secondary N) is 1. The summed E-state index contributed by atoms with van der Waals surface area (Å²) >= 11 is 5.90. The molecule has 0 aliphatic heterocycles. The first-order valence-electron chi connectivity index (χ1n) is 6.70. The minimum absolute atomic E-state index is 0.337. The maximum atomic E-state index is 5.90. The van der Waals surface area contributed by atoms with E-state index in [1.54, 1.807) is 0 Å². The molecule has 0 aromatic heterocycles. The van der Waals surface area contributed by atoms with E-state index < -0.39 is 0 Å². The molecule has 0 aliphatic rings. The topological polar surface area (TPSA) is 12.0 Å². The first-order chi connectivity index (χ1) is 9.16. The minimum Gasteiger partial charge on any atom is -0.310 e. The van der Waals surface area contributed by atoms with Gasteiger partial charge in [-0.3, -0.25) is 0 Å². The molecular formula is C17H20ClN. The molecule has 0 spiro atoms. The Morgan fingerprint density at radius 3 is 2.16 bits per heavy atom. The van der Waals surface area contributed by atoms with E-state index >= 15 is 0 Å². The predicted molar refractivity (Wildman–Crippen MR) is 82.7 cm³/mol. The lowest BCUT2D eigenvalue weighted by Crippen LogP contribution is -2.23. The third-order valence-electron chi connectivity index (χ3n) is 3.47. The van der Waals surface area contributed by atoms with E-state index in [1.165, 1.54) is 11.1 Å². The molecule has 1 unspecified atom stereocenters. The van der Waals surface area contributed by atoms with E-state index in [0.717, 1.165) is 11.6 Å². The van der Waals surface area contributed by atoms with Crippen LogP contribution in [0.15, 0.2) is 54.6 Å². The van der Waals surface area contributed by atoms with Crippen molar-refractivity contribution in [3.63, 3.8) is 0 Å². The fraction of sp³-hybridized carbons (Fsp3) is 0.294. The van der Waals surface area contributed by atoms with Crippen molar-refractivity contribution in [2.75, 3.05) is 6.54 Å². The van der Waals surface area contributed by atoms with E-state index in [1.807, 2.05) is 12.1 Å². The molecule has 0 amide bonds. The summed E-state index contributed by atoms with van der Waals surface area (Å²) in [7, 11) is 0. The van der Waals surface area contributed by atoms with E-state index in [-0.39, 0.29) is 0 Å². The monoisotopic (exact) mass is 273 g/mol. The largest absolute Gasteiger partial charge is 0.310 e. The van der Waals surface area contributed by atoms with Gasteiger partial charge in [0.05, 0.1) is 0 Å². The molecule has 0 bridgehead atoms. The standard InChI is InChI=1S/C17H20ClN/c1-13(15-6-4-3-5-7-15)12-19-14(2)16-8-10-17(18)11-9-16/h3-11,13-14,19H,12H2,1-2H3/t13?,14-/m0/s1. The summed E-state index contributed by atoms with van der Waals surface area (Å²) in [6.45, 7) is 5.39. The first-order valence-corrected chi connectivity index (χ1v) is 7.08. The molecule has 2 aromatic rings. The molecule has 19 heavy (non-hydrogen) atoms. The van der Waals surface area contributed by atoms with E-state index in [9.17, 15) is 0 Å². The molecule has 2 aromatic carbocycles. The van der Waals surface area contributed by atoms with Gasteiger partial charge >= 0.3 is 0 Å². The normalized spacial score (nSPS) is 14.1. The Morgan fingerprint density at radius 1 is 0.895 bits per heavy atom. The van der Waals surface area contributed by atoms with E-state index in [4.69, 9.17) is 11.6 Å². The van der Waals surface area contributed by atoms with Crippen molar-refractivity contribution in [1.29, 1.82) is 0 Å². The zero-order valence-corrected chi connectivity index (χ0v) is 12.2. The Balaban J connectivity index is 1.90. The number of hydrogen-bond acceptors (Lipinski definition) is 1. The highest BCUT2D eigenvalue weighted by Gasteiger charge is 2.08. The van der Waals surface area contributed by atoms with Gasteiger partial charge in [-0.05, 0) is 36.1 Å². The Bertz CT molecular complexity index is 492. The summed E-state index contributed by atoms with van der Waals surface area (Å²) in [5, 5.41) is 4.36. The molecule has 2 rings (SSSR count). The predicted octanol–water partition coefficient (Wildman–Crippen LogP) is 4.79. The second-order valence-electron chi connectivity index (χ2n) is 4.99. The SMILES string of the molecule is CC(CN[C@@H](C)c1ccc(Cl)cc1)c1ccccc1. The number of hydrogen-bond donors (Lipinski definition) is 1. The van der Waals surface area contributed by atoms with Crippen molar-refractivity contribution in [2.45, 2.75) is 25.8 Å². The van der Waals surface area contributed by atoms with Gasteiger partial charge < -0.3 is 5.32 Å². The average molecular weight is 274 g/mol. The minimum atomic E-state index is 0.337. The molecule has 1 nitrogen and oxygen atoms in total. The van der Waals surface area contributed by atoms with Crippen molar-refractivity contribution in [2.24, 2.45) is 0 Å². The fourth-order valence-electron chi connectivity index (χ4n) is 2.12.